The van der Waals surface area contributed by atoms with Crippen molar-refractivity contribution in [3.63, 3.8) is 0 Å². The summed E-state index contributed by atoms with van der Waals surface area (Å²) >= 11 is 0. The molecule has 5 nitrogen and oxygen atoms in total. The van der Waals surface area contributed by atoms with Crippen LogP contribution in [0.25, 0.3) is 0 Å². The van der Waals surface area contributed by atoms with E-state index in [4.69, 9.17) is 0 Å². The van der Waals surface area contributed by atoms with Gasteiger partial charge in [-0.05, 0) is 26.3 Å². The SMILES string of the molecule is CC1CN2CCCCC2CN1C(=O)n1ccnc1. The second-order valence-corrected chi connectivity index (χ2v) is 5.40. The molecule has 2 fully saturated rings. The van der Waals surface area contributed by atoms with Crippen LogP contribution in [-0.4, -0.2) is 57.1 Å². The predicted molar refractivity (Wildman–Crippen MR) is 68.4 cm³/mol. The minimum atomic E-state index is 0.0604. The summed E-state index contributed by atoms with van der Waals surface area (Å²) in [6.07, 6.45) is 8.78. The fourth-order valence-corrected chi connectivity index (χ4v) is 3.14. The molecule has 0 aromatic carbocycles. The maximum Gasteiger partial charge on any atom is 0.329 e. The van der Waals surface area contributed by atoms with Gasteiger partial charge >= 0.3 is 6.03 Å². The van der Waals surface area contributed by atoms with E-state index in [1.807, 2.05) is 4.90 Å². The molecule has 2 unspecified atom stereocenters. The Balaban J connectivity index is 1.74. The fourth-order valence-electron chi connectivity index (χ4n) is 3.14. The quantitative estimate of drug-likeness (QED) is 0.697. The van der Waals surface area contributed by atoms with E-state index in [2.05, 4.69) is 16.8 Å². The number of fused-ring (bicyclic) bond motifs is 1. The Labute approximate surface area is 107 Å². The van der Waals surface area contributed by atoms with Crippen LogP contribution in [0.1, 0.15) is 26.2 Å². The molecule has 98 valence electrons. The van der Waals surface area contributed by atoms with Crippen molar-refractivity contribution in [1.82, 2.24) is 19.4 Å². The van der Waals surface area contributed by atoms with Crippen LogP contribution in [0.15, 0.2) is 18.7 Å². The molecule has 2 aliphatic heterocycles. The third kappa shape index (κ3) is 2.03. The highest BCUT2D eigenvalue weighted by Crippen LogP contribution is 2.24. The number of carbonyl (C=O) groups is 1. The van der Waals surface area contributed by atoms with Gasteiger partial charge in [-0.2, -0.15) is 0 Å². The molecule has 1 amide bonds. The topological polar surface area (TPSA) is 41.4 Å². The highest BCUT2D eigenvalue weighted by molar-refractivity contribution is 5.77. The van der Waals surface area contributed by atoms with Crippen LogP contribution in [0.4, 0.5) is 4.79 Å². The molecule has 2 aliphatic rings. The molecular weight excluding hydrogens is 228 g/mol. The van der Waals surface area contributed by atoms with Gasteiger partial charge in [0.1, 0.15) is 6.33 Å². The van der Waals surface area contributed by atoms with Crippen LogP contribution in [-0.2, 0) is 0 Å². The molecule has 0 spiro atoms. The molecule has 0 saturated carbocycles. The lowest BCUT2D eigenvalue weighted by Crippen LogP contribution is -2.60. The van der Waals surface area contributed by atoms with Crippen molar-refractivity contribution in [2.45, 2.75) is 38.3 Å². The largest absolute Gasteiger partial charge is 0.329 e. The normalized spacial score (nSPS) is 29.1. The van der Waals surface area contributed by atoms with Crippen molar-refractivity contribution in [2.24, 2.45) is 0 Å². The summed E-state index contributed by atoms with van der Waals surface area (Å²) in [6, 6.07) is 0.905. The molecule has 1 aromatic heterocycles. The van der Waals surface area contributed by atoms with Crippen LogP contribution in [0, 0.1) is 0 Å². The van der Waals surface area contributed by atoms with Crippen molar-refractivity contribution in [3.05, 3.63) is 18.7 Å². The Morgan fingerprint density at radius 1 is 1.33 bits per heavy atom. The summed E-state index contributed by atoms with van der Waals surface area (Å²) in [4.78, 5) is 20.9. The maximum absolute atomic E-state index is 12.4. The van der Waals surface area contributed by atoms with Crippen molar-refractivity contribution < 1.29 is 4.79 Å². The van der Waals surface area contributed by atoms with Crippen molar-refractivity contribution in [3.8, 4) is 0 Å². The van der Waals surface area contributed by atoms with E-state index in [1.54, 1.807) is 23.3 Å². The number of hydrogen-bond donors (Lipinski definition) is 0. The van der Waals surface area contributed by atoms with Gasteiger partial charge in [0.15, 0.2) is 0 Å². The lowest BCUT2D eigenvalue weighted by molar-refractivity contribution is 0.0349. The first-order valence-corrected chi connectivity index (χ1v) is 6.78. The predicted octanol–water partition coefficient (Wildman–Crippen LogP) is 1.41. The Morgan fingerprint density at radius 3 is 3.00 bits per heavy atom. The minimum absolute atomic E-state index is 0.0604. The Bertz CT molecular complexity index is 417. The second-order valence-electron chi connectivity index (χ2n) is 5.40. The third-order valence-electron chi connectivity index (χ3n) is 4.16. The monoisotopic (exact) mass is 248 g/mol. The summed E-state index contributed by atoms with van der Waals surface area (Å²) in [5.74, 6) is 0. The van der Waals surface area contributed by atoms with Gasteiger partial charge in [-0.15, -0.1) is 0 Å². The van der Waals surface area contributed by atoms with Crippen molar-refractivity contribution in [1.29, 1.82) is 0 Å². The van der Waals surface area contributed by atoms with Crippen LogP contribution in [0.5, 0.6) is 0 Å². The van der Waals surface area contributed by atoms with E-state index in [1.165, 1.54) is 25.8 Å². The van der Waals surface area contributed by atoms with Gasteiger partial charge < -0.3 is 4.90 Å². The van der Waals surface area contributed by atoms with E-state index in [9.17, 15) is 4.79 Å². The zero-order valence-electron chi connectivity index (χ0n) is 10.8. The van der Waals surface area contributed by atoms with Crippen molar-refractivity contribution >= 4 is 6.03 Å². The Hall–Kier alpha value is -1.36. The summed E-state index contributed by atoms with van der Waals surface area (Å²) in [7, 11) is 0. The molecule has 2 saturated heterocycles. The smallest absolute Gasteiger partial charge is 0.318 e. The Kier molecular flexibility index (Phi) is 3.07. The first kappa shape index (κ1) is 11.7. The molecule has 5 heteroatoms. The van der Waals surface area contributed by atoms with Gasteiger partial charge in [0, 0.05) is 37.6 Å². The number of piperidine rings is 1. The van der Waals surface area contributed by atoms with E-state index in [0.717, 1.165) is 13.1 Å². The molecule has 3 heterocycles. The lowest BCUT2D eigenvalue weighted by Gasteiger charge is -2.47. The average molecular weight is 248 g/mol. The van der Waals surface area contributed by atoms with Crippen LogP contribution < -0.4 is 0 Å². The molecule has 0 bridgehead atoms. The van der Waals surface area contributed by atoms with Gasteiger partial charge in [0.2, 0.25) is 0 Å². The van der Waals surface area contributed by atoms with Gasteiger partial charge in [-0.25, -0.2) is 9.78 Å². The first-order valence-electron chi connectivity index (χ1n) is 6.78. The third-order valence-corrected chi connectivity index (χ3v) is 4.16. The second kappa shape index (κ2) is 4.72. The van der Waals surface area contributed by atoms with Gasteiger partial charge in [-0.3, -0.25) is 9.47 Å². The van der Waals surface area contributed by atoms with E-state index in [0.29, 0.717) is 6.04 Å². The molecule has 0 aliphatic carbocycles. The average Bonchev–Trinajstić information content (AvgIpc) is 2.91. The Morgan fingerprint density at radius 2 is 2.22 bits per heavy atom. The number of aromatic nitrogens is 2. The summed E-state index contributed by atoms with van der Waals surface area (Å²) in [5, 5.41) is 0. The number of rotatable bonds is 0. The summed E-state index contributed by atoms with van der Waals surface area (Å²) in [6.45, 7) is 5.20. The molecule has 1 aromatic rings. The molecule has 0 N–H and O–H groups in total. The number of piperazine rings is 1. The summed E-state index contributed by atoms with van der Waals surface area (Å²) in [5.41, 5.74) is 0. The molecule has 18 heavy (non-hydrogen) atoms. The first-order chi connectivity index (χ1) is 8.75. The highest BCUT2D eigenvalue weighted by Gasteiger charge is 2.35. The van der Waals surface area contributed by atoms with E-state index >= 15 is 0 Å². The van der Waals surface area contributed by atoms with Crippen molar-refractivity contribution in [2.75, 3.05) is 19.6 Å². The van der Waals surface area contributed by atoms with Gasteiger partial charge in [0.05, 0.1) is 0 Å². The fraction of sp³-hybridized carbons (Fsp3) is 0.692. The van der Waals surface area contributed by atoms with Crippen LogP contribution in [0.3, 0.4) is 0 Å². The lowest BCUT2D eigenvalue weighted by atomic mass is 9.97. The number of imidazole rings is 1. The zero-order valence-corrected chi connectivity index (χ0v) is 10.8. The molecular formula is C13H20N4O. The number of amides is 1. The van der Waals surface area contributed by atoms with E-state index < -0.39 is 0 Å². The summed E-state index contributed by atoms with van der Waals surface area (Å²) < 4.78 is 1.58. The van der Waals surface area contributed by atoms with Gasteiger partial charge in [0.25, 0.3) is 0 Å². The number of hydrogen-bond acceptors (Lipinski definition) is 3. The number of nitrogens with zero attached hydrogens (tertiary/aromatic N) is 4. The maximum atomic E-state index is 12.4. The standard InChI is InChI=1S/C13H20N4O/c1-11-8-15-6-3-2-4-12(15)9-17(11)13(18)16-7-5-14-10-16/h5,7,10-12H,2-4,6,8-9H2,1H3. The van der Waals surface area contributed by atoms with Crippen LogP contribution >= 0.6 is 0 Å². The molecule has 3 rings (SSSR count). The highest BCUT2D eigenvalue weighted by atomic mass is 16.2. The number of carbonyl (C=O) groups excluding carboxylic acids is 1. The molecule has 0 radical (unpaired) electrons. The minimum Gasteiger partial charge on any atom is -0.318 e. The van der Waals surface area contributed by atoms with E-state index in [-0.39, 0.29) is 12.1 Å². The van der Waals surface area contributed by atoms with Crippen LogP contribution in [0.2, 0.25) is 0 Å². The zero-order chi connectivity index (χ0) is 12.5. The van der Waals surface area contributed by atoms with Gasteiger partial charge in [-0.1, -0.05) is 6.42 Å². The molecule has 2 atom stereocenters.